The Morgan fingerprint density at radius 3 is 2.72 bits per heavy atom. The molecule has 1 aromatic heterocycles. The van der Waals surface area contributed by atoms with Crippen LogP contribution >= 0.6 is 11.6 Å². The first kappa shape index (κ1) is 14.3. The molecule has 0 amide bonds. The molecule has 1 heterocycles. The number of rotatable bonds is 4. The molecule has 0 bridgehead atoms. The third-order valence-electron chi connectivity index (χ3n) is 2.68. The number of halogens is 1. The fraction of sp³-hybridized carbons (Fsp3) is 0.417. The number of aromatic nitrogens is 1. The highest BCUT2D eigenvalue weighted by molar-refractivity contribution is 6.29. The van der Waals surface area contributed by atoms with Crippen LogP contribution in [0.3, 0.4) is 0 Å². The molecule has 0 saturated heterocycles. The Kier molecular flexibility index (Phi) is 4.51. The van der Waals surface area contributed by atoms with Crippen molar-refractivity contribution in [2.45, 2.75) is 18.8 Å². The number of ether oxygens (including phenoxy) is 2. The van der Waals surface area contributed by atoms with E-state index in [-0.39, 0.29) is 17.5 Å². The standard InChI is InChI=1S/C12H13ClN2O3/c1-12(6-7-14,11(16)18-3)8-4-5-9(13)15-10(8)17-2/h4-5H,6H2,1-3H3. The molecule has 0 aromatic carbocycles. The van der Waals surface area contributed by atoms with Gasteiger partial charge in [-0.15, -0.1) is 0 Å². The summed E-state index contributed by atoms with van der Waals surface area (Å²) in [5.41, 5.74) is -0.658. The number of methoxy groups -OCH3 is 2. The zero-order valence-electron chi connectivity index (χ0n) is 10.4. The smallest absolute Gasteiger partial charge is 0.317 e. The van der Waals surface area contributed by atoms with E-state index in [0.29, 0.717) is 5.56 Å². The average molecular weight is 269 g/mol. The second-order valence-corrected chi connectivity index (χ2v) is 4.24. The fourth-order valence-corrected chi connectivity index (χ4v) is 1.79. The molecule has 0 fully saturated rings. The molecule has 0 aliphatic carbocycles. The van der Waals surface area contributed by atoms with E-state index in [9.17, 15) is 4.79 Å². The second-order valence-electron chi connectivity index (χ2n) is 3.85. The predicted octanol–water partition coefficient (Wildman–Crippen LogP) is 2.09. The predicted molar refractivity (Wildman–Crippen MR) is 65.4 cm³/mol. The summed E-state index contributed by atoms with van der Waals surface area (Å²) in [7, 11) is 2.69. The van der Waals surface area contributed by atoms with Gasteiger partial charge in [-0.25, -0.2) is 4.98 Å². The van der Waals surface area contributed by atoms with Crippen molar-refractivity contribution < 1.29 is 14.3 Å². The first-order valence-corrected chi connectivity index (χ1v) is 5.53. The number of esters is 1. The lowest BCUT2D eigenvalue weighted by atomic mass is 9.80. The molecular weight excluding hydrogens is 256 g/mol. The van der Waals surface area contributed by atoms with Crippen molar-refractivity contribution in [2.24, 2.45) is 0 Å². The van der Waals surface area contributed by atoms with E-state index in [0.717, 1.165) is 0 Å². The van der Waals surface area contributed by atoms with Crippen LogP contribution in [0.2, 0.25) is 5.15 Å². The largest absolute Gasteiger partial charge is 0.481 e. The Hall–Kier alpha value is -1.80. The number of nitriles is 1. The van der Waals surface area contributed by atoms with Gasteiger partial charge >= 0.3 is 5.97 Å². The van der Waals surface area contributed by atoms with Crippen LogP contribution in [0, 0.1) is 11.3 Å². The third kappa shape index (κ3) is 2.54. The van der Waals surface area contributed by atoms with Crippen LogP contribution in [0.1, 0.15) is 18.9 Å². The molecule has 0 radical (unpaired) electrons. The molecular formula is C12H13ClN2O3. The van der Waals surface area contributed by atoms with Gasteiger partial charge in [0.25, 0.3) is 0 Å². The molecule has 0 spiro atoms. The van der Waals surface area contributed by atoms with E-state index in [4.69, 9.17) is 26.3 Å². The van der Waals surface area contributed by atoms with Gasteiger partial charge in [0.15, 0.2) is 0 Å². The van der Waals surface area contributed by atoms with Crippen molar-refractivity contribution in [3.8, 4) is 11.9 Å². The quantitative estimate of drug-likeness (QED) is 0.617. The van der Waals surface area contributed by atoms with Crippen LogP contribution < -0.4 is 4.74 Å². The Morgan fingerprint density at radius 1 is 1.56 bits per heavy atom. The third-order valence-corrected chi connectivity index (χ3v) is 2.89. The topological polar surface area (TPSA) is 72.2 Å². The van der Waals surface area contributed by atoms with Gasteiger partial charge in [-0.1, -0.05) is 11.6 Å². The molecule has 96 valence electrons. The summed E-state index contributed by atoms with van der Waals surface area (Å²) in [6, 6.07) is 5.12. The van der Waals surface area contributed by atoms with Gasteiger partial charge < -0.3 is 9.47 Å². The summed E-state index contributed by atoms with van der Waals surface area (Å²) in [5, 5.41) is 9.13. The normalized spacial score (nSPS) is 13.3. The van der Waals surface area contributed by atoms with Gasteiger partial charge in [-0.05, 0) is 19.1 Å². The highest BCUT2D eigenvalue weighted by Crippen LogP contribution is 2.35. The lowest BCUT2D eigenvalue weighted by Gasteiger charge is -2.25. The fourth-order valence-electron chi connectivity index (χ4n) is 1.65. The summed E-state index contributed by atoms with van der Waals surface area (Å²) in [6.07, 6.45) is -0.0423. The Morgan fingerprint density at radius 2 is 2.22 bits per heavy atom. The molecule has 6 heteroatoms. The Labute approximate surface area is 110 Å². The molecule has 0 saturated carbocycles. The van der Waals surface area contributed by atoms with Crippen LogP contribution in [0.25, 0.3) is 0 Å². The molecule has 18 heavy (non-hydrogen) atoms. The van der Waals surface area contributed by atoms with Gasteiger partial charge in [0.1, 0.15) is 10.6 Å². The van der Waals surface area contributed by atoms with Crippen molar-refractivity contribution in [3.05, 3.63) is 22.8 Å². The van der Waals surface area contributed by atoms with Crippen LogP contribution in [-0.2, 0) is 14.9 Å². The minimum Gasteiger partial charge on any atom is -0.481 e. The maximum Gasteiger partial charge on any atom is 0.317 e. The van der Waals surface area contributed by atoms with Gasteiger partial charge in [-0.2, -0.15) is 5.26 Å². The van der Waals surface area contributed by atoms with Gasteiger partial charge in [0.2, 0.25) is 5.88 Å². The zero-order valence-corrected chi connectivity index (χ0v) is 11.1. The Bertz CT molecular complexity index is 499. The SMILES string of the molecule is COC(=O)C(C)(CC#N)c1ccc(Cl)nc1OC. The molecule has 1 rings (SSSR count). The van der Waals surface area contributed by atoms with Crippen LogP contribution in [-0.4, -0.2) is 25.2 Å². The molecule has 1 aromatic rings. The van der Waals surface area contributed by atoms with E-state index in [1.54, 1.807) is 13.0 Å². The van der Waals surface area contributed by atoms with E-state index in [1.165, 1.54) is 20.3 Å². The number of carbonyl (C=O) groups is 1. The maximum absolute atomic E-state index is 11.9. The Balaban J connectivity index is 3.39. The summed E-state index contributed by atoms with van der Waals surface area (Å²) in [4.78, 5) is 15.9. The van der Waals surface area contributed by atoms with E-state index in [2.05, 4.69) is 4.98 Å². The second kappa shape index (κ2) is 5.69. The average Bonchev–Trinajstić information content (AvgIpc) is 2.37. The first-order chi connectivity index (χ1) is 8.49. The minimum atomic E-state index is -1.13. The summed E-state index contributed by atoms with van der Waals surface area (Å²) in [6.45, 7) is 1.61. The van der Waals surface area contributed by atoms with Crippen LogP contribution in [0.4, 0.5) is 0 Å². The number of hydrogen-bond acceptors (Lipinski definition) is 5. The van der Waals surface area contributed by atoms with Crippen molar-refractivity contribution in [1.29, 1.82) is 5.26 Å². The van der Waals surface area contributed by atoms with Crippen molar-refractivity contribution in [3.63, 3.8) is 0 Å². The van der Waals surface area contributed by atoms with Gasteiger partial charge in [-0.3, -0.25) is 4.79 Å². The summed E-state index contributed by atoms with van der Waals surface area (Å²) in [5.74, 6) is -0.308. The molecule has 0 aliphatic heterocycles. The van der Waals surface area contributed by atoms with E-state index >= 15 is 0 Å². The number of carbonyl (C=O) groups excluding carboxylic acids is 1. The monoisotopic (exact) mass is 268 g/mol. The molecule has 1 atom stereocenters. The van der Waals surface area contributed by atoms with Crippen LogP contribution in [0.5, 0.6) is 5.88 Å². The summed E-state index contributed by atoms with van der Waals surface area (Å²) >= 11 is 5.76. The van der Waals surface area contributed by atoms with Gasteiger partial charge in [0.05, 0.1) is 26.7 Å². The number of nitrogens with zero attached hydrogens (tertiary/aromatic N) is 2. The maximum atomic E-state index is 11.9. The minimum absolute atomic E-state index is 0.0423. The van der Waals surface area contributed by atoms with Crippen molar-refractivity contribution in [2.75, 3.05) is 14.2 Å². The van der Waals surface area contributed by atoms with Crippen LogP contribution in [0.15, 0.2) is 12.1 Å². The number of hydrogen-bond donors (Lipinski definition) is 0. The first-order valence-electron chi connectivity index (χ1n) is 5.16. The zero-order chi connectivity index (χ0) is 13.8. The van der Waals surface area contributed by atoms with E-state index in [1.807, 2.05) is 6.07 Å². The summed E-state index contributed by atoms with van der Waals surface area (Å²) < 4.78 is 9.85. The molecule has 0 aliphatic rings. The highest BCUT2D eigenvalue weighted by atomic mass is 35.5. The van der Waals surface area contributed by atoms with Crippen molar-refractivity contribution in [1.82, 2.24) is 4.98 Å². The molecule has 1 unspecified atom stereocenters. The lowest BCUT2D eigenvalue weighted by Crippen LogP contribution is -2.34. The molecule has 5 nitrogen and oxygen atoms in total. The van der Waals surface area contributed by atoms with Crippen molar-refractivity contribution >= 4 is 17.6 Å². The van der Waals surface area contributed by atoms with E-state index < -0.39 is 11.4 Å². The highest BCUT2D eigenvalue weighted by Gasteiger charge is 2.39. The van der Waals surface area contributed by atoms with Gasteiger partial charge in [0, 0.05) is 5.56 Å². The molecule has 0 N–H and O–H groups in total. The number of pyridine rings is 1. The lowest BCUT2D eigenvalue weighted by molar-refractivity contribution is -0.146.